The Hall–Kier alpha value is -1.85. The first-order valence-corrected chi connectivity index (χ1v) is 7.51. The zero-order valence-electron chi connectivity index (χ0n) is 12.4. The van der Waals surface area contributed by atoms with Crippen molar-refractivity contribution in [3.8, 4) is 5.75 Å². The Morgan fingerprint density at radius 2 is 2.05 bits per heavy atom. The third-order valence-electron chi connectivity index (χ3n) is 3.91. The van der Waals surface area contributed by atoms with Crippen molar-refractivity contribution < 1.29 is 24.9 Å². The average molecular weight is 306 g/mol. The fourth-order valence-corrected chi connectivity index (χ4v) is 2.70. The van der Waals surface area contributed by atoms with Crippen LogP contribution in [0.3, 0.4) is 0 Å². The molecule has 0 fully saturated rings. The Bertz CT molecular complexity index is 511. The Balaban J connectivity index is 1.75. The Morgan fingerprint density at radius 1 is 1.32 bits per heavy atom. The number of carboxylic acid groups (broad SMARTS) is 1. The van der Waals surface area contributed by atoms with Gasteiger partial charge in [-0.3, -0.25) is 4.79 Å². The predicted molar refractivity (Wildman–Crippen MR) is 81.6 cm³/mol. The molecule has 1 aromatic rings. The van der Waals surface area contributed by atoms with Gasteiger partial charge >= 0.3 is 5.97 Å². The fourth-order valence-electron chi connectivity index (χ4n) is 2.70. The Kier molecular flexibility index (Phi) is 5.98. The van der Waals surface area contributed by atoms with Crippen molar-refractivity contribution in [1.82, 2.24) is 0 Å². The third kappa shape index (κ3) is 4.86. The first-order valence-electron chi connectivity index (χ1n) is 7.51. The van der Waals surface area contributed by atoms with E-state index in [1.54, 1.807) is 0 Å². The summed E-state index contributed by atoms with van der Waals surface area (Å²) in [5.74, 6) is -0.537. The van der Waals surface area contributed by atoms with Crippen molar-refractivity contribution in [2.45, 2.75) is 37.9 Å². The van der Waals surface area contributed by atoms with Crippen molar-refractivity contribution in [3.05, 3.63) is 42.0 Å². The molecule has 0 radical (unpaired) electrons. The van der Waals surface area contributed by atoms with Gasteiger partial charge in [0.1, 0.15) is 12.4 Å². The molecular weight excluding hydrogens is 284 g/mol. The topological polar surface area (TPSA) is 87.0 Å². The van der Waals surface area contributed by atoms with E-state index in [4.69, 9.17) is 9.84 Å². The number of carbonyl (C=O) groups is 1. The summed E-state index contributed by atoms with van der Waals surface area (Å²) < 4.78 is 5.48. The number of aliphatic carboxylic acids is 1. The molecule has 0 aromatic heterocycles. The summed E-state index contributed by atoms with van der Waals surface area (Å²) in [6.45, 7) is 0.198. The smallest absolute Gasteiger partial charge is 0.304 e. The minimum Gasteiger partial charge on any atom is -0.491 e. The van der Waals surface area contributed by atoms with Crippen molar-refractivity contribution >= 4 is 5.97 Å². The number of aliphatic hydroxyl groups excluding tert-OH is 2. The van der Waals surface area contributed by atoms with E-state index in [9.17, 15) is 15.0 Å². The summed E-state index contributed by atoms with van der Waals surface area (Å²) in [4.78, 5) is 10.8. The van der Waals surface area contributed by atoms with E-state index in [0.29, 0.717) is 25.0 Å². The van der Waals surface area contributed by atoms with Gasteiger partial charge in [-0.15, -0.1) is 0 Å². The largest absolute Gasteiger partial charge is 0.491 e. The summed E-state index contributed by atoms with van der Waals surface area (Å²) in [6.07, 6.45) is 2.14. The second-order valence-electron chi connectivity index (χ2n) is 5.60. The van der Waals surface area contributed by atoms with Crippen LogP contribution in [0, 0.1) is 5.92 Å². The van der Waals surface area contributed by atoms with Gasteiger partial charge in [-0.05, 0) is 31.4 Å². The molecule has 0 amide bonds. The fraction of sp³-hybridized carbons (Fsp3) is 0.471. The average Bonchev–Trinajstić information content (AvgIpc) is 2.84. The van der Waals surface area contributed by atoms with Crippen LogP contribution >= 0.6 is 0 Å². The van der Waals surface area contributed by atoms with Crippen molar-refractivity contribution in [3.63, 3.8) is 0 Å². The number of hydrogen-bond acceptors (Lipinski definition) is 4. The van der Waals surface area contributed by atoms with Crippen LogP contribution in [0.4, 0.5) is 0 Å². The number of benzene rings is 1. The highest BCUT2D eigenvalue weighted by molar-refractivity contribution is 5.67. The summed E-state index contributed by atoms with van der Waals surface area (Å²) >= 11 is 0. The third-order valence-corrected chi connectivity index (χ3v) is 3.91. The lowest BCUT2D eigenvalue weighted by Gasteiger charge is -2.18. The number of hydrogen-bond donors (Lipinski definition) is 3. The van der Waals surface area contributed by atoms with Gasteiger partial charge in [-0.25, -0.2) is 0 Å². The molecule has 0 bridgehead atoms. The highest BCUT2D eigenvalue weighted by Gasteiger charge is 2.29. The molecule has 5 nitrogen and oxygen atoms in total. The maximum absolute atomic E-state index is 10.8. The van der Waals surface area contributed by atoms with Crippen molar-refractivity contribution in [2.24, 2.45) is 5.92 Å². The summed E-state index contributed by atoms with van der Waals surface area (Å²) in [6, 6.07) is 9.27. The molecule has 22 heavy (non-hydrogen) atoms. The second kappa shape index (κ2) is 7.96. The van der Waals surface area contributed by atoms with Crippen molar-refractivity contribution in [2.75, 3.05) is 6.61 Å². The quantitative estimate of drug-likeness (QED) is 0.639. The molecule has 0 spiro atoms. The monoisotopic (exact) mass is 306 g/mol. The van der Waals surface area contributed by atoms with Gasteiger partial charge < -0.3 is 20.1 Å². The molecule has 0 saturated carbocycles. The minimum atomic E-state index is -0.912. The Labute approximate surface area is 129 Å². The molecule has 1 aromatic carbocycles. The molecule has 1 aliphatic carbocycles. The van der Waals surface area contributed by atoms with Crippen LogP contribution in [0.15, 0.2) is 42.0 Å². The van der Waals surface area contributed by atoms with E-state index in [2.05, 4.69) is 0 Å². The highest BCUT2D eigenvalue weighted by Crippen LogP contribution is 2.32. The molecule has 120 valence electrons. The molecule has 3 N–H and O–H groups in total. The SMILES string of the molecule is O=C(O)CC1C(CCC(O)COc2ccccc2)=CCC1O. The predicted octanol–water partition coefficient (Wildman–Crippen LogP) is 1.99. The van der Waals surface area contributed by atoms with Crippen LogP contribution in [0.2, 0.25) is 0 Å². The van der Waals surface area contributed by atoms with E-state index in [-0.39, 0.29) is 18.9 Å². The van der Waals surface area contributed by atoms with E-state index < -0.39 is 18.2 Å². The van der Waals surface area contributed by atoms with Crippen LogP contribution in [0.1, 0.15) is 25.7 Å². The lowest BCUT2D eigenvalue weighted by molar-refractivity contribution is -0.138. The normalized spacial score (nSPS) is 22.2. The number of aliphatic hydroxyl groups is 2. The zero-order valence-corrected chi connectivity index (χ0v) is 12.4. The van der Waals surface area contributed by atoms with Crippen molar-refractivity contribution in [1.29, 1.82) is 0 Å². The van der Waals surface area contributed by atoms with Crippen LogP contribution in [0.25, 0.3) is 0 Å². The minimum absolute atomic E-state index is 0.0659. The van der Waals surface area contributed by atoms with Gasteiger partial charge in [0.25, 0.3) is 0 Å². The van der Waals surface area contributed by atoms with Crippen LogP contribution in [0.5, 0.6) is 5.75 Å². The molecule has 2 rings (SSSR count). The summed E-state index contributed by atoms with van der Waals surface area (Å²) in [7, 11) is 0. The molecule has 3 atom stereocenters. The summed E-state index contributed by atoms with van der Waals surface area (Å²) in [5, 5.41) is 28.7. The first-order chi connectivity index (χ1) is 10.6. The van der Waals surface area contributed by atoms with E-state index in [1.165, 1.54) is 0 Å². The van der Waals surface area contributed by atoms with Gasteiger partial charge in [0, 0.05) is 5.92 Å². The first kappa shape index (κ1) is 16.5. The van der Waals surface area contributed by atoms with Gasteiger partial charge in [-0.1, -0.05) is 29.8 Å². The number of rotatable bonds is 8. The van der Waals surface area contributed by atoms with Crippen LogP contribution < -0.4 is 4.74 Å². The lowest BCUT2D eigenvalue weighted by Crippen LogP contribution is -2.22. The van der Waals surface area contributed by atoms with Crippen LogP contribution in [-0.4, -0.2) is 40.1 Å². The summed E-state index contributed by atoms with van der Waals surface area (Å²) in [5.41, 5.74) is 0.925. The number of carboxylic acids is 1. The lowest BCUT2D eigenvalue weighted by atomic mass is 9.92. The molecule has 5 heteroatoms. The molecule has 3 unspecified atom stereocenters. The van der Waals surface area contributed by atoms with Gasteiger partial charge in [0.15, 0.2) is 0 Å². The number of para-hydroxylation sites is 1. The standard InChI is InChI=1S/C17H22O5/c18-13(11-22-14-4-2-1-3-5-14)8-6-12-7-9-16(19)15(12)10-17(20)21/h1-5,7,13,15-16,18-19H,6,8-11H2,(H,20,21). The molecular formula is C17H22O5. The van der Waals surface area contributed by atoms with Gasteiger partial charge in [0.05, 0.1) is 18.6 Å². The molecule has 0 saturated heterocycles. The second-order valence-corrected chi connectivity index (χ2v) is 5.60. The van der Waals surface area contributed by atoms with E-state index in [0.717, 1.165) is 5.57 Å². The van der Waals surface area contributed by atoms with Crippen LogP contribution in [-0.2, 0) is 4.79 Å². The number of ether oxygens (including phenoxy) is 1. The van der Waals surface area contributed by atoms with Gasteiger partial charge in [-0.2, -0.15) is 0 Å². The maximum atomic E-state index is 10.8. The zero-order chi connectivity index (χ0) is 15.9. The molecule has 0 aliphatic heterocycles. The molecule has 1 aliphatic rings. The Morgan fingerprint density at radius 3 is 2.73 bits per heavy atom. The maximum Gasteiger partial charge on any atom is 0.304 e. The highest BCUT2D eigenvalue weighted by atomic mass is 16.5. The molecule has 0 heterocycles. The van der Waals surface area contributed by atoms with E-state index in [1.807, 2.05) is 36.4 Å². The van der Waals surface area contributed by atoms with E-state index >= 15 is 0 Å². The van der Waals surface area contributed by atoms with Gasteiger partial charge in [0.2, 0.25) is 0 Å².